The van der Waals surface area contributed by atoms with Crippen molar-refractivity contribution in [2.45, 2.75) is 10.8 Å². The molecule has 1 heterocycles. The van der Waals surface area contributed by atoms with Gasteiger partial charge in [-0.1, -0.05) is 34.1 Å². The lowest BCUT2D eigenvalue weighted by atomic mass is 10.2. The smallest absolute Gasteiger partial charge is 0.371 e. The molecule has 0 fully saturated rings. The van der Waals surface area contributed by atoms with E-state index in [0.717, 1.165) is 10.0 Å². The molecule has 2 rings (SSSR count). The summed E-state index contributed by atoms with van der Waals surface area (Å²) in [7, 11) is -1.40. The monoisotopic (exact) mass is 328 g/mol. The van der Waals surface area contributed by atoms with Gasteiger partial charge in [-0.2, -0.15) is 0 Å². The van der Waals surface area contributed by atoms with Crippen LogP contribution in [-0.2, 0) is 16.6 Å². The molecule has 0 spiro atoms. The van der Waals surface area contributed by atoms with Gasteiger partial charge in [-0.3, -0.25) is 4.21 Å². The minimum atomic E-state index is -1.40. The Morgan fingerprint density at radius 3 is 2.61 bits per heavy atom. The van der Waals surface area contributed by atoms with Gasteiger partial charge in [0.15, 0.2) is 5.09 Å². The topological polar surface area (TPSA) is 67.5 Å². The van der Waals surface area contributed by atoms with E-state index in [1.807, 2.05) is 24.3 Å². The summed E-state index contributed by atoms with van der Waals surface area (Å²) in [6.07, 6.45) is 0. The second-order valence-corrected chi connectivity index (χ2v) is 5.74. The van der Waals surface area contributed by atoms with Crippen LogP contribution in [0.2, 0.25) is 0 Å². The van der Waals surface area contributed by atoms with Crippen LogP contribution in [0.15, 0.2) is 50.4 Å². The predicted molar refractivity (Wildman–Crippen MR) is 69.9 cm³/mol. The largest absolute Gasteiger partial charge is 0.475 e. The van der Waals surface area contributed by atoms with E-state index in [1.54, 1.807) is 0 Å². The molecular formula is C12H9BrO4S. The molecule has 1 aromatic heterocycles. The molecule has 0 bridgehead atoms. The SMILES string of the molecule is O=C(O)c1ccc(S(=O)Cc2ccccc2Br)o1. The van der Waals surface area contributed by atoms with Gasteiger partial charge in [-0.25, -0.2) is 4.79 Å². The Balaban J connectivity index is 2.17. The van der Waals surface area contributed by atoms with Crippen molar-refractivity contribution in [2.75, 3.05) is 0 Å². The first-order chi connectivity index (χ1) is 8.58. The molecule has 1 N–H and O–H groups in total. The van der Waals surface area contributed by atoms with E-state index in [1.165, 1.54) is 12.1 Å². The van der Waals surface area contributed by atoms with Crippen LogP contribution in [0.4, 0.5) is 0 Å². The minimum Gasteiger partial charge on any atom is -0.475 e. The van der Waals surface area contributed by atoms with Crippen LogP contribution >= 0.6 is 15.9 Å². The molecule has 1 atom stereocenters. The Labute approximate surface area is 114 Å². The van der Waals surface area contributed by atoms with Crippen molar-refractivity contribution in [1.82, 2.24) is 0 Å². The zero-order valence-corrected chi connectivity index (χ0v) is 11.5. The van der Waals surface area contributed by atoms with Crippen molar-refractivity contribution >= 4 is 32.7 Å². The van der Waals surface area contributed by atoms with E-state index in [0.29, 0.717) is 0 Å². The number of benzene rings is 1. The fourth-order valence-corrected chi connectivity index (χ4v) is 3.07. The summed E-state index contributed by atoms with van der Waals surface area (Å²) in [6, 6.07) is 10.2. The molecule has 1 unspecified atom stereocenters. The Hall–Kier alpha value is -1.40. The summed E-state index contributed by atoms with van der Waals surface area (Å²) in [5.74, 6) is -1.10. The first-order valence-corrected chi connectivity index (χ1v) is 7.14. The highest BCUT2D eigenvalue weighted by molar-refractivity contribution is 9.10. The van der Waals surface area contributed by atoms with Crippen molar-refractivity contribution < 1.29 is 18.5 Å². The maximum absolute atomic E-state index is 12.0. The third-order valence-electron chi connectivity index (χ3n) is 2.26. The lowest BCUT2D eigenvalue weighted by Gasteiger charge is -2.02. The first kappa shape index (κ1) is 13.0. The van der Waals surface area contributed by atoms with Crippen molar-refractivity contribution in [1.29, 1.82) is 0 Å². The van der Waals surface area contributed by atoms with Gasteiger partial charge >= 0.3 is 5.97 Å². The van der Waals surface area contributed by atoms with Crippen molar-refractivity contribution in [3.63, 3.8) is 0 Å². The molecule has 0 saturated heterocycles. The van der Waals surface area contributed by atoms with Crippen LogP contribution in [0.1, 0.15) is 16.1 Å². The van der Waals surface area contributed by atoms with Gasteiger partial charge in [-0.05, 0) is 23.8 Å². The van der Waals surface area contributed by atoms with E-state index >= 15 is 0 Å². The average molecular weight is 329 g/mol. The molecule has 4 nitrogen and oxygen atoms in total. The highest BCUT2D eigenvalue weighted by Crippen LogP contribution is 2.21. The normalized spacial score (nSPS) is 12.3. The summed E-state index contributed by atoms with van der Waals surface area (Å²) < 4.78 is 17.9. The van der Waals surface area contributed by atoms with Crippen LogP contribution in [0.5, 0.6) is 0 Å². The molecule has 0 radical (unpaired) electrons. The molecular weight excluding hydrogens is 320 g/mol. The molecule has 6 heteroatoms. The van der Waals surface area contributed by atoms with Crippen LogP contribution < -0.4 is 0 Å². The van der Waals surface area contributed by atoms with Crippen LogP contribution in [0, 0.1) is 0 Å². The first-order valence-electron chi connectivity index (χ1n) is 5.03. The van der Waals surface area contributed by atoms with E-state index in [9.17, 15) is 9.00 Å². The summed E-state index contributed by atoms with van der Waals surface area (Å²) in [6.45, 7) is 0. The van der Waals surface area contributed by atoms with Gasteiger partial charge in [0.25, 0.3) is 0 Å². The molecule has 1 aromatic carbocycles. The van der Waals surface area contributed by atoms with Gasteiger partial charge in [0.2, 0.25) is 5.76 Å². The average Bonchev–Trinajstić information content (AvgIpc) is 2.81. The lowest BCUT2D eigenvalue weighted by molar-refractivity contribution is 0.0656. The number of furan rings is 1. The molecule has 18 heavy (non-hydrogen) atoms. The third-order valence-corrected chi connectivity index (χ3v) is 4.28. The minimum absolute atomic E-state index is 0.170. The molecule has 0 amide bonds. The Bertz CT molecular complexity index is 606. The second kappa shape index (κ2) is 5.49. The van der Waals surface area contributed by atoms with Crippen molar-refractivity contribution in [2.24, 2.45) is 0 Å². The van der Waals surface area contributed by atoms with Gasteiger partial charge < -0.3 is 9.52 Å². The van der Waals surface area contributed by atoms with Gasteiger partial charge in [0.1, 0.15) is 0 Å². The fraction of sp³-hybridized carbons (Fsp3) is 0.0833. The van der Waals surface area contributed by atoms with E-state index in [-0.39, 0.29) is 16.6 Å². The Morgan fingerprint density at radius 2 is 2.00 bits per heavy atom. The van der Waals surface area contributed by atoms with E-state index in [4.69, 9.17) is 9.52 Å². The molecule has 0 aliphatic carbocycles. The summed E-state index contributed by atoms with van der Waals surface area (Å²) in [5, 5.41) is 8.88. The van der Waals surface area contributed by atoms with Crippen LogP contribution in [0.25, 0.3) is 0 Å². The van der Waals surface area contributed by atoms with Crippen LogP contribution in [0.3, 0.4) is 0 Å². The molecule has 94 valence electrons. The predicted octanol–water partition coefficient (Wildman–Crippen LogP) is 3.05. The number of hydrogen-bond acceptors (Lipinski definition) is 3. The summed E-state index contributed by atoms with van der Waals surface area (Å²) >= 11 is 3.37. The van der Waals surface area contributed by atoms with Gasteiger partial charge in [0.05, 0.1) is 16.6 Å². The van der Waals surface area contributed by atoms with Gasteiger partial charge in [0, 0.05) is 4.47 Å². The number of carboxylic acid groups (broad SMARTS) is 1. The molecule has 0 saturated carbocycles. The number of aromatic carboxylic acids is 1. The number of rotatable bonds is 4. The Kier molecular flexibility index (Phi) is 3.98. The lowest BCUT2D eigenvalue weighted by Crippen LogP contribution is -1.96. The molecule has 2 aromatic rings. The van der Waals surface area contributed by atoms with Crippen molar-refractivity contribution in [3.8, 4) is 0 Å². The number of carboxylic acids is 1. The number of carbonyl (C=O) groups is 1. The van der Waals surface area contributed by atoms with E-state index in [2.05, 4.69) is 15.9 Å². The third kappa shape index (κ3) is 2.88. The highest BCUT2D eigenvalue weighted by atomic mass is 79.9. The summed E-state index contributed by atoms with van der Waals surface area (Å²) in [4.78, 5) is 10.6. The Morgan fingerprint density at radius 1 is 1.28 bits per heavy atom. The van der Waals surface area contributed by atoms with Crippen LogP contribution in [-0.4, -0.2) is 15.3 Å². The quantitative estimate of drug-likeness (QED) is 0.936. The second-order valence-electron chi connectivity index (χ2n) is 3.51. The number of hydrogen-bond donors (Lipinski definition) is 1. The fourth-order valence-electron chi connectivity index (χ4n) is 1.39. The number of halogens is 1. The summed E-state index contributed by atoms with van der Waals surface area (Å²) in [5.41, 5.74) is 0.879. The molecule has 0 aliphatic rings. The zero-order valence-electron chi connectivity index (χ0n) is 9.13. The molecule has 0 aliphatic heterocycles. The zero-order chi connectivity index (χ0) is 13.1. The highest BCUT2D eigenvalue weighted by Gasteiger charge is 2.14. The maximum Gasteiger partial charge on any atom is 0.371 e. The van der Waals surface area contributed by atoms with Crippen molar-refractivity contribution in [3.05, 3.63) is 52.2 Å². The maximum atomic E-state index is 12.0. The van der Waals surface area contributed by atoms with Gasteiger partial charge in [-0.15, -0.1) is 0 Å². The van der Waals surface area contributed by atoms with E-state index < -0.39 is 16.8 Å². The standard InChI is InChI=1S/C12H9BrO4S/c13-9-4-2-1-3-8(9)7-18(16)11-6-5-10(17-11)12(14)15/h1-6H,7H2,(H,14,15).